The zero-order chi connectivity index (χ0) is 16.1. The summed E-state index contributed by atoms with van der Waals surface area (Å²) in [4.78, 5) is 13.1. The number of fused-ring (bicyclic) bond motifs is 1. The van der Waals surface area contributed by atoms with Crippen molar-refractivity contribution in [2.24, 2.45) is 34.0 Å². The van der Waals surface area contributed by atoms with E-state index in [9.17, 15) is 9.90 Å². The maximum Gasteiger partial charge on any atom is 0.312 e. The maximum absolute atomic E-state index is 13.1. The van der Waals surface area contributed by atoms with Crippen molar-refractivity contribution in [1.82, 2.24) is 0 Å². The summed E-state index contributed by atoms with van der Waals surface area (Å²) in [6.45, 7) is 5.05. The highest BCUT2D eigenvalue weighted by Gasteiger charge is 2.72. The van der Waals surface area contributed by atoms with Gasteiger partial charge in [0.1, 0.15) is 0 Å². The lowest BCUT2D eigenvalue weighted by Gasteiger charge is -2.65. The van der Waals surface area contributed by atoms with Gasteiger partial charge in [0.05, 0.1) is 17.6 Å². The minimum Gasteiger partial charge on any atom is -0.465 e. The number of aliphatic hydroxyl groups is 1. The monoisotopic (exact) mass is 318 g/mol. The van der Waals surface area contributed by atoms with Crippen LogP contribution in [0.5, 0.6) is 0 Å². The van der Waals surface area contributed by atoms with Crippen molar-refractivity contribution in [3.05, 3.63) is 0 Å². The zero-order valence-electron chi connectivity index (χ0n) is 14.6. The van der Waals surface area contributed by atoms with E-state index in [1.54, 1.807) is 0 Å². The van der Waals surface area contributed by atoms with Crippen molar-refractivity contribution in [2.75, 3.05) is 6.61 Å². The van der Waals surface area contributed by atoms with Gasteiger partial charge in [0.2, 0.25) is 0 Å². The highest BCUT2D eigenvalue weighted by atomic mass is 16.5. The summed E-state index contributed by atoms with van der Waals surface area (Å²) in [6, 6.07) is 0. The summed E-state index contributed by atoms with van der Waals surface area (Å²) >= 11 is 0. The molecule has 0 radical (unpaired) electrons. The second-order valence-corrected chi connectivity index (χ2v) is 10.1. The molecule has 3 nitrogen and oxygen atoms in total. The summed E-state index contributed by atoms with van der Waals surface area (Å²) in [5.74, 6) is 1.53. The minimum absolute atomic E-state index is 0.119. The van der Waals surface area contributed by atoms with E-state index < -0.39 is 5.60 Å². The number of cyclic esters (lactones) is 1. The molecule has 1 heterocycles. The van der Waals surface area contributed by atoms with Gasteiger partial charge in [-0.2, -0.15) is 0 Å². The molecule has 0 amide bonds. The van der Waals surface area contributed by atoms with Crippen LogP contribution in [-0.4, -0.2) is 23.3 Å². The first-order chi connectivity index (χ1) is 10.8. The third kappa shape index (κ3) is 1.59. The molecule has 4 aliphatic carbocycles. The van der Waals surface area contributed by atoms with Crippen molar-refractivity contribution in [3.63, 3.8) is 0 Å². The van der Waals surface area contributed by atoms with Gasteiger partial charge in [0, 0.05) is 5.41 Å². The standard InChI is InChI=1S/C20H30O3/c1-17-7-3-8-20(16(21)23-12-17)14(17)6-9-19-10-13(4-5-15(19)20)18(2,22)11-19/h13-15,22H,3-12H2,1-2H3/t13-,14+,15+,17-,18+,19-,20-/m0/s1. The second kappa shape index (κ2) is 4.15. The molecular formula is C20H30O3. The van der Waals surface area contributed by atoms with Crippen LogP contribution in [0.4, 0.5) is 0 Å². The van der Waals surface area contributed by atoms with Gasteiger partial charge in [-0.1, -0.05) is 13.3 Å². The molecule has 0 aromatic rings. The van der Waals surface area contributed by atoms with E-state index in [1.165, 1.54) is 25.7 Å². The molecule has 0 aromatic heterocycles. The fourth-order valence-corrected chi connectivity index (χ4v) is 8.30. The number of hydrogen-bond acceptors (Lipinski definition) is 3. The average molecular weight is 318 g/mol. The van der Waals surface area contributed by atoms with Crippen LogP contribution < -0.4 is 0 Å². The number of carbonyl (C=O) groups is 1. The van der Waals surface area contributed by atoms with Gasteiger partial charge in [-0.05, 0) is 81.5 Å². The first-order valence-corrected chi connectivity index (χ1v) is 9.72. The van der Waals surface area contributed by atoms with E-state index in [-0.39, 0.29) is 22.2 Å². The number of ether oxygens (including phenoxy) is 1. The molecule has 0 aromatic carbocycles. The molecule has 5 aliphatic rings. The topological polar surface area (TPSA) is 46.5 Å². The minimum atomic E-state index is -0.519. The predicted molar refractivity (Wildman–Crippen MR) is 86.6 cm³/mol. The Morgan fingerprint density at radius 2 is 1.91 bits per heavy atom. The highest BCUT2D eigenvalue weighted by Crippen LogP contribution is 2.74. The van der Waals surface area contributed by atoms with Crippen LogP contribution in [0, 0.1) is 34.0 Å². The first-order valence-electron chi connectivity index (χ1n) is 9.72. The van der Waals surface area contributed by atoms with Crippen LogP contribution in [0.15, 0.2) is 0 Å². The fourth-order valence-electron chi connectivity index (χ4n) is 8.30. The van der Waals surface area contributed by atoms with E-state index in [1.807, 2.05) is 6.92 Å². The molecule has 0 unspecified atom stereocenters. The predicted octanol–water partition coefficient (Wildman–Crippen LogP) is 3.69. The molecule has 4 bridgehead atoms. The van der Waals surface area contributed by atoms with Gasteiger partial charge in [-0.3, -0.25) is 4.79 Å². The average Bonchev–Trinajstić information content (AvgIpc) is 2.68. The van der Waals surface area contributed by atoms with E-state index in [0.717, 1.165) is 32.1 Å². The molecule has 1 spiro atoms. The lowest BCUT2D eigenvalue weighted by Crippen LogP contribution is -2.65. The largest absolute Gasteiger partial charge is 0.465 e. The van der Waals surface area contributed by atoms with Gasteiger partial charge in [0.25, 0.3) is 0 Å². The maximum atomic E-state index is 13.1. The molecule has 1 saturated heterocycles. The molecule has 1 N–H and O–H groups in total. The van der Waals surface area contributed by atoms with Gasteiger partial charge in [-0.15, -0.1) is 0 Å². The quantitative estimate of drug-likeness (QED) is 0.693. The Bertz CT molecular complexity index is 569. The van der Waals surface area contributed by atoms with Gasteiger partial charge >= 0.3 is 5.97 Å². The van der Waals surface area contributed by atoms with Crippen molar-refractivity contribution in [1.29, 1.82) is 0 Å². The van der Waals surface area contributed by atoms with E-state index in [0.29, 0.717) is 24.4 Å². The van der Waals surface area contributed by atoms with Crippen molar-refractivity contribution in [2.45, 2.75) is 77.2 Å². The fraction of sp³-hybridized carbons (Fsp3) is 0.950. The van der Waals surface area contributed by atoms with Crippen molar-refractivity contribution >= 4 is 5.97 Å². The third-order valence-corrected chi connectivity index (χ3v) is 9.05. The molecule has 7 atom stereocenters. The molecule has 1 aliphatic heterocycles. The number of hydrogen-bond donors (Lipinski definition) is 1. The van der Waals surface area contributed by atoms with Crippen LogP contribution in [0.3, 0.4) is 0 Å². The Morgan fingerprint density at radius 3 is 2.74 bits per heavy atom. The first kappa shape index (κ1) is 14.7. The smallest absolute Gasteiger partial charge is 0.312 e. The normalized spacial score (nSPS) is 60.7. The Hall–Kier alpha value is -0.570. The van der Waals surface area contributed by atoms with Gasteiger partial charge < -0.3 is 9.84 Å². The van der Waals surface area contributed by atoms with Crippen molar-refractivity contribution in [3.8, 4) is 0 Å². The number of carbonyl (C=O) groups excluding carboxylic acids is 1. The third-order valence-electron chi connectivity index (χ3n) is 9.05. The zero-order valence-corrected chi connectivity index (χ0v) is 14.6. The van der Waals surface area contributed by atoms with Crippen LogP contribution >= 0.6 is 0 Å². The molecule has 128 valence electrons. The summed E-state index contributed by atoms with van der Waals surface area (Å²) < 4.78 is 5.81. The van der Waals surface area contributed by atoms with E-state index >= 15 is 0 Å². The highest BCUT2D eigenvalue weighted by molar-refractivity contribution is 5.79. The Labute approximate surface area is 139 Å². The summed E-state index contributed by atoms with van der Waals surface area (Å²) in [7, 11) is 0. The molecular weight excluding hydrogens is 288 g/mol. The van der Waals surface area contributed by atoms with E-state index in [4.69, 9.17) is 4.74 Å². The number of rotatable bonds is 0. The molecule has 23 heavy (non-hydrogen) atoms. The summed E-state index contributed by atoms with van der Waals surface area (Å²) in [5.41, 5.74) is -0.340. The molecule has 4 saturated carbocycles. The summed E-state index contributed by atoms with van der Waals surface area (Å²) in [5, 5.41) is 10.9. The Morgan fingerprint density at radius 1 is 1.09 bits per heavy atom. The molecule has 5 rings (SSSR count). The number of esters is 1. The van der Waals surface area contributed by atoms with Crippen LogP contribution in [0.1, 0.15) is 71.6 Å². The SMILES string of the molecule is C[C@]12CCC[C@]3(C(=O)OC1)[C@@H]2CC[C@@]12C[C@H](CC[C@H]13)[C@](C)(O)C2. The molecule has 3 heteroatoms. The van der Waals surface area contributed by atoms with Gasteiger partial charge in [0.15, 0.2) is 0 Å². The summed E-state index contributed by atoms with van der Waals surface area (Å²) in [6.07, 6.45) is 10.1. The second-order valence-electron chi connectivity index (χ2n) is 10.1. The lowest BCUT2D eigenvalue weighted by molar-refractivity contribution is -0.232. The van der Waals surface area contributed by atoms with Gasteiger partial charge in [-0.25, -0.2) is 0 Å². The Balaban J connectivity index is 1.63. The molecule has 5 fully saturated rings. The van der Waals surface area contributed by atoms with Crippen LogP contribution in [0.2, 0.25) is 0 Å². The van der Waals surface area contributed by atoms with Crippen LogP contribution in [0.25, 0.3) is 0 Å². The Kier molecular flexibility index (Phi) is 2.66. The lowest BCUT2D eigenvalue weighted by atomic mass is 9.39. The van der Waals surface area contributed by atoms with Crippen molar-refractivity contribution < 1.29 is 14.6 Å². The van der Waals surface area contributed by atoms with E-state index in [2.05, 4.69) is 6.92 Å². The van der Waals surface area contributed by atoms with Crippen LogP contribution in [-0.2, 0) is 9.53 Å².